The van der Waals surface area contributed by atoms with Crippen LogP contribution in [0.25, 0.3) is 117 Å². The topological polar surface area (TPSA) is 38.7 Å². The molecule has 0 fully saturated rings. The van der Waals surface area contributed by atoms with Crippen LogP contribution >= 0.6 is 34.0 Å². The monoisotopic (exact) mass is 779 g/mol. The van der Waals surface area contributed by atoms with E-state index in [1.54, 1.807) is 0 Å². The van der Waals surface area contributed by atoms with Crippen molar-refractivity contribution in [3.8, 4) is 56.4 Å². The van der Waals surface area contributed by atoms with E-state index in [1.165, 1.54) is 82.8 Å². The number of nitrogens with zero attached hydrogens (tertiary/aromatic N) is 3. The van der Waals surface area contributed by atoms with E-state index in [0.29, 0.717) is 17.5 Å². The van der Waals surface area contributed by atoms with Crippen LogP contribution in [-0.2, 0) is 0 Å². The van der Waals surface area contributed by atoms with Gasteiger partial charge in [0.15, 0.2) is 17.5 Å². The Morgan fingerprint density at radius 1 is 0.281 bits per heavy atom. The van der Waals surface area contributed by atoms with Crippen molar-refractivity contribution in [3.63, 3.8) is 0 Å². The molecule has 0 aliphatic heterocycles. The first-order chi connectivity index (χ1) is 28.2. The van der Waals surface area contributed by atoms with Gasteiger partial charge in [0.05, 0.1) is 0 Å². The normalized spacial score (nSPS) is 11.9. The van der Waals surface area contributed by atoms with Crippen LogP contribution < -0.4 is 0 Å². The van der Waals surface area contributed by atoms with Crippen LogP contribution in [0.2, 0.25) is 0 Å². The maximum atomic E-state index is 5.03. The number of benzene rings is 8. The first-order valence-electron chi connectivity index (χ1n) is 18.9. The third kappa shape index (κ3) is 5.26. The Labute approximate surface area is 339 Å². The summed E-state index contributed by atoms with van der Waals surface area (Å²) < 4.78 is 7.77. The second-order valence-corrected chi connectivity index (χ2v) is 17.5. The lowest BCUT2D eigenvalue weighted by Crippen LogP contribution is -1.99. The molecule has 0 saturated carbocycles. The fourth-order valence-electron chi connectivity index (χ4n) is 8.35. The molecular weight excluding hydrogens is 751 g/mol. The first-order valence-corrected chi connectivity index (χ1v) is 21.4. The highest BCUT2D eigenvalue weighted by atomic mass is 32.1. The average molecular weight is 780 g/mol. The zero-order chi connectivity index (χ0) is 37.5. The Kier molecular flexibility index (Phi) is 7.45. The van der Waals surface area contributed by atoms with Gasteiger partial charge in [-0.25, -0.2) is 15.0 Å². The van der Waals surface area contributed by atoms with E-state index >= 15 is 0 Å². The number of hydrogen-bond acceptors (Lipinski definition) is 6. The Balaban J connectivity index is 1.05. The van der Waals surface area contributed by atoms with Crippen molar-refractivity contribution in [3.05, 3.63) is 176 Å². The molecule has 0 bridgehead atoms. The highest BCUT2D eigenvalue weighted by molar-refractivity contribution is 7.27. The largest absolute Gasteiger partial charge is 0.208 e. The van der Waals surface area contributed by atoms with Crippen LogP contribution in [-0.4, -0.2) is 15.0 Å². The Bertz CT molecular complexity index is 3470. The zero-order valence-corrected chi connectivity index (χ0v) is 32.8. The standard InChI is InChI=1S/C51H29N3S3/c1-3-13-30(14-4-1)49-52-50(31-15-5-2-6-16-31)54-51(53-49)32-25-26-40-44(29-32)55-43-24-12-19-34(45(40)43)35-27-28-38(48-46(35)39-18-8-10-23-42(39)57-48)37-21-11-20-36-33-17-7-9-22-41(33)56-47(36)37/h1-29H. The molecule has 8 aromatic carbocycles. The van der Waals surface area contributed by atoms with Crippen molar-refractivity contribution < 1.29 is 0 Å². The first kappa shape index (κ1) is 32.7. The SMILES string of the molecule is c1ccc(-c2nc(-c3ccccc3)nc(-c3ccc4c(c3)sc3cccc(-c5ccc(-c6cccc7c6sc6ccccc67)c6sc7ccccc7c56)c34)n2)cc1. The van der Waals surface area contributed by atoms with Gasteiger partial charge in [-0.2, -0.15) is 0 Å². The summed E-state index contributed by atoms with van der Waals surface area (Å²) in [7, 11) is 0. The summed E-state index contributed by atoms with van der Waals surface area (Å²) in [6.45, 7) is 0. The predicted octanol–water partition coefficient (Wildman–Crippen LogP) is 15.3. The number of rotatable bonds is 5. The maximum Gasteiger partial charge on any atom is 0.164 e. The summed E-state index contributed by atoms with van der Waals surface area (Å²) >= 11 is 5.63. The molecule has 266 valence electrons. The fraction of sp³-hybridized carbons (Fsp3) is 0. The summed E-state index contributed by atoms with van der Waals surface area (Å²) in [5.74, 6) is 1.99. The van der Waals surface area contributed by atoms with Crippen LogP contribution in [0.5, 0.6) is 0 Å². The lowest BCUT2D eigenvalue weighted by Gasteiger charge is -2.12. The fourth-order valence-corrected chi connectivity index (χ4v) is 12.0. The van der Waals surface area contributed by atoms with E-state index < -0.39 is 0 Å². The molecule has 0 amide bonds. The second-order valence-electron chi connectivity index (χ2n) is 14.3. The molecule has 12 aromatic rings. The van der Waals surface area contributed by atoms with Gasteiger partial charge in [0.1, 0.15) is 0 Å². The predicted molar refractivity (Wildman–Crippen MR) is 246 cm³/mol. The molecule has 0 atom stereocenters. The molecule has 4 heterocycles. The third-order valence-corrected chi connectivity index (χ3v) is 14.5. The number of hydrogen-bond donors (Lipinski definition) is 0. The molecule has 0 aliphatic rings. The Hall–Kier alpha value is -6.57. The van der Waals surface area contributed by atoms with E-state index in [4.69, 9.17) is 15.0 Å². The lowest BCUT2D eigenvalue weighted by atomic mass is 9.92. The van der Waals surface area contributed by atoms with Crippen LogP contribution in [0.3, 0.4) is 0 Å². The van der Waals surface area contributed by atoms with Crippen molar-refractivity contribution in [2.45, 2.75) is 0 Å². The molecule has 0 N–H and O–H groups in total. The molecule has 0 unspecified atom stereocenters. The van der Waals surface area contributed by atoms with Crippen LogP contribution in [0, 0.1) is 0 Å². The lowest BCUT2D eigenvalue weighted by molar-refractivity contribution is 1.07. The number of fused-ring (bicyclic) bond motifs is 9. The van der Waals surface area contributed by atoms with E-state index in [1.807, 2.05) is 70.4 Å². The van der Waals surface area contributed by atoms with Crippen LogP contribution in [0.15, 0.2) is 176 Å². The minimum absolute atomic E-state index is 0.664. The van der Waals surface area contributed by atoms with E-state index in [9.17, 15) is 0 Å². The third-order valence-electron chi connectivity index (χ3n) is 11.0. The molecule has 12 rings (SSSR count). The van der Waals surface area contributed by atoms with Gasteiger partial charge in [0.2, 0.25) is 0 Å². The second kappa shape index (κ2) is 13.0. The highest BCUT2D eigenvalue weighted by Crippen LogP contribution is 2.50. The molecule has 6 heteroatoms. The van der Waals surface area contributed by atoms with Gasteiger partial charge in [0.25, 0.3) is 0 Å². The molecule has 57 heavy (non-hydrogen) atoms. The van der Waals surface area contributed by atoms with Gasteiger partial charge in [-0.15, -0.1) is 34.0 Å². The molecule has 0 aliphatic carbocycles. The van der Waals surface area contributed by atoms with Crippen molar-refractivity contribution >= 4 is 94.5 Å². The summed E-state index contributed by atoms with van der Waals surface area (Å²) in [6, 6.07) is 63.0. The molecule has 0 radical (unpaired) electrons. The minimum atomic E-state index is 0.664. The molecule has 4 aromatic heterocycles. The van der Waals surface area contributed by atoms with Gasteiger partial charge in [-0.05, 0) is 35.4 Å². The smallest absolute Gasteiger partial charge is 0.164 e. The van der Waals surface area contributed by atoms with Crippen LogP contribution in [0.4, 0.5) is 0 Å². The van der Waals surface area contributed by atoms with Crippen molar-refractivity contribution in [1.29, 1.82) is 0 Å². The van der Waals surface area contributed by atoms with Gasteiger partial charge in [-0.1, -0.05) is 152 Å². The summed E-state index contributed by atoms with van der Waals surface area (Å²) in [4.78, 5) is 15.0. The molecular formula is C51H29N3S3. The minimum Gasteiger partial charge on any atom is -0.208 e. The molecule has 0 spiro atoms. The van der Waals surface area contributed by atoms with E-state index in [0.717, 1.165) is 16.7 Å². The summed E-state index contributed by atoms with van der Waals surface area (Å²) in [5, 5.41) is 7.79. The van der Waals surface area contributed by atoms with Gasteiger partial charge < -0.3 is 0 Å². The van der Waals surface area contributed by atoms with E-state index in [-0.39, 0.29) is 0 Å². The average Bonchev–Trinajstić information content (AvgIpc) is 3.98. The van der Waals surface area contributed by atoms with Gasteiger partial charge >= 0.3 is 0 Å². The molecule has 0 saturated heterocycles. The quantitative estimate of drug-likeness (QED) is 0.175. The number of aromatic nitrogens is 3. The maximum absolute atomic E-state index is 5.03. The van der Waals surface area contributed by atoms with Gasteiger partial charge in [-0.3, -0.25) is 0 Å². The zero-order valence-electron chi connectivity index (χ0n) is 30.3. The van der Waals surface area contributed by atoms with Crippen molar-refractivity contribution in [1.82, 2.24) is 15.0 Å². The van der Waals surface area contributed by atoms with Crippen molar-refractivity contribution in [2.75, 3.05) is 0 Å². The highest BCUT2D eigenvalue weighted by Gasteiger charge is 2.21. The molecule has 3 nitrogen and oxygen atoms in total. The van der Waals surface area contributed by atoms with Crippen LogP contribution in [0.1, 0.15) is 0 Å². The summed E-state index contributed by atoms with van der Waals surface area (Å²) in [6.07, 6.45) is 0. The van der Waals surface area contributed by atoms with E-state index in [2.05, 4.69) is 140 Å². The number of thiophene rings is 3. The summed E-state index contributed by atoms with van der Waals surface area (Å²) in [5.41, 5.74) is 8.01. The Morgan fingerprint density at radius 3 is 1.54 bits per heavy atom. The van der Waals surface area contributed by atoms with Gasteiger partial charge in [0, 0.05) is 88.3 Å². The Morgan fingerprint density at radius 2 is 0.789 bits per heavy atom. The van der Waals surface area contributed by atoms with Crippen molar-refractivity contribution in [2.24, 2.45) is 0 Å².